The Balaban J connectivity index is 0.901. The average Bonchev–Trinajstić information content (AvgIpc) is 3.41. The summed E-state index contributed by atoms with van der Waals surface area (Å²) >= 11 is 3.52. The fourth-order valence-electron chi connectivity index (χ4n) is 11.2. The molecule has 10 rings (SSSR count). The van der Waals surface area contributed by atoms with E-state index >= 15 is 0 Å². The molecule has 0 aromatic carbocycles. The highest BCUT2D eigenvalue weighted by Gasteiger charge is 2.71. The van der Waals surface area contributed by atoms with Crippen molar-refractivity contribution in [1.82, 2.24) is 0 Å². The molecular formula is C31H38F6O9S3. The highest BCUT2D eigenvalue weighted by molar-refractivity contribution is 8.21. The number of carbonyl (C=O) groups excluding carboxylic acids is 2. The van der Waals surface area contributed by atoms with Crippen molar-refractivity contribution in [1.29, 1.82) is 0 Å². The van der Waals surface area contributed by atoms with Gasteiger partial charge in [-0.05, 0) is 87.9 Å². The minimum absolute atomic E-state index is 0.0407. The first-order valence-corrected chi connectivity index (χ1v) is 20.1. The normalized spacial score (nSPS) is 45.5. The van der Waals surface area contributed by atoms with E-state index in [4.69, 9.17) is 23.5 Å². The van der Waals surface area contributed by atoms with E-state index in [0.717, 1.165) is 12.8 Å². The number of thioether (sulfide) groups is 2. The number of carbonyl (C=O) groups is 2. The number of hydrogen-bond donors (Lipinski definition) is 1. The largest absolute Gasteiger partial charge is 0.464 e. The van der Waals surface area contributed by atoms with Crippen LogP contribution in [-0.4, -0.2) is 89.3 Å². The molecule has 8 saturated carbocycles. The fourth-order valence-corrected chi connectivity index (χ4v) is 15.6. The molecule has 8 aliphatic carbocycles. The maximum absolute atomic E-state index is 14.2. The second-order valence-corrected chi connectivity index (χ2v) is 20.7. The molecule has 8 bridgehead atoms. The molecule has 10 aliphatic rings. The molecule has 2 spiro atoms. The minimum Gasteiger partial charge on any atom is -0.464 e. The molecule has 2 aliphatic heterocycles. The van der Waals surface area contributed by atoms with Crippen LogP contribution >= 0.6 is 23.5 Å². The lowest BCUT2D eigenvalue weighted by Gasteiger charge is -2.62. The predicted octanol–water partition coefficient (Wildman–Crippen LogP) is 5.76. The van der Waals surface area contributed by atoms with Gasteiger partial charge in [-0.1, -0.05) is 0 Å². The fraction of sp³-hybridized carbons (Fsp3) is 0.935. The van der Waals surface area contributed by atoms with E-state index < -0.39 is 81.5 Å². The first-order valence-electron chi connectivity index (χ1n) is 16.8. The molecule has 5 atom stereocenters. The lowest BCUT2D eigenvalue weighted by molar-refractivity contribution is -0.345. The smallest absolute Gasteiger partial charge is 0.402 e. The zero-order chi connectivity index (χ0) is 35.0. The van der Waals surface area contributed by atoms with E-state index in [1.807, 2.05) is 0 Å². The van der Waals surface area contributed by atoms with Gasteiger partial charge in [0.1, 0.15) is 19.8 Å². The second kappa shape index (κ2) is 11.0. The van der Waals surface area contributed by atoms with Crippen molar-refractivity contribution in [2.45, 2.75) is 96.4 Å². The molecule has 18 heteroatoms. The summed E-state index contributed by atoms with van der Waals surface area (Å²) in [6.45, 7) is -4.48. The van der Waals surface area contributed by atoms with Crippen LogP contribution in [0.25, 0.3) is 0 Å². The standard InChI is InChI=1S/C31H38F6O9S3/c32-27(33)13-45-30(46-14-28(27,34)35)18-1-16-2-19(30)8-25(5-16,7-18)23(38)43-11-22-12-47-31(48-22)20-3-17-4-21(31)10-26(6-17,9-20)24(39)44-15-29(36,37)49(40,41)42/h16-22H,1-15H2,(H,40,41,42). The van der Waals surface area contributed by atoms with Crippen LogP contribution in [-0.2, 0) is 38.7 Å². The van der Waals surface area contributed by atoms with Crippen molar-refractivity contribution in [3.05, 3.63) is 0 Å². The zero-order valence-corrected chi connectivity index (χ0v) is 28.8. The van der Waals surface area contributed by atoms with Gasteiger partial charge in [0.05, 0.1) is 14.9 Å². The molecule has 0 aromatic heterocycles. The van der Waals surface area contributed by atoms with E-state index in [0.29, 0.717) is 44.3 Å². The number of ether oxygens (including phenoxy) is 4. The Morgan fingerprint density at radius 1 is 0.776 bits per heavy atom. The first-order chi connectivity index (χ1) is 22.7. The first kappa shape index (κ1) is 35.1. The Morgan fingerprint density at radius 3 is 1.76 bits per heavy atom. The third-order valence-corrected chi connectivity index (χ3v) is 18.1. The summed E-state index contributed by atoms with van der Waals surface area (Å²) in [6.07, 6.45) is 5.21. The monoisotopic (exact) mass is 764 g/mol. The van der Waals surface area contributed by atoms with Crippen molar-refractivity contribution < 1.29 is 67.8 Å². The van der Waals surface area contributed by atoms with Gasteiger partial charge in [0.15, 0.2) is 12.4 Å². The van der Waals surface area contributed by atoms with Crippen molar-refractivity contribution in [2.24, 2.45) is 46.3 Å². The lowest BCUT2D eigenvalue weighted by Crippen LogP contribution is -2.65. The molecule has 0 aromatic rings. The number of esters is 2. The highest BCUT2D eigenvalue weighted by atomic mass is 32.2. The summed E-state index contributed by atoms with van der Waals surface area (Å²) in [7, 11) is -5.73. The molecule has 0 radical (unpaired) electrons. The minimum atomic E-state index is -5.73. The van der Waals surface area contributed by atoms with Crippen molar-refractivity contribution in [2.75, 3.05) is 32.2 Å². The van der Waals surface area contributed by atoms with Gasteiger partial charge in [0.2, 0.25) is 0 Å². The van der Waals surface area contributed by atoms with E-state index in [1.54, 1.807) is 23.5 Å². The van der Waals surface area contributed by atoms with Crippen LogP contribution in [0.2, 0.25) is 0 Å². The zero-order valence-electron chi connectivity index (χ0n) is 26.4. The van der Waals surface area contributed by atoms with Crippen LogP contribution in [0, 0.1) is 46.3 Å². The van der Waals surface area contributed by atoms with Crippen LogP contribution in [0.15, 0.2) is 0 Å². The van der Waals surface area contributed by atoms with E-state index in [9.17, 15) is 44.3 Å². The second-order valence-electron chi connectivity index (χ2n) is 16.0. The topological polar surface area (TPSA) is 125 Å². The number of alkyl halides is 6. The molecule has 1 N–H and O–H groups in total. The summed E-state index contributed by atoms with van der Waals surface area (Å²) in [5, 5.41) is -4.64. The third kappa shape index (κ3) is 5.24. The van der Waals surface area contributed by atoms with Gasteiger partial charge in [-0.2, -0.15) is 34.8 Å². The van der Waals surface area contributed by atoms with E-state index in [1.165, 1.54) is 0 Å². The van der Waals surface area contributed by atoms with E-state index in [-0.39, 0.29) is 58.4 Å². The Labute approximate surface area is 287 Å². The van der Waals surface area contributed by atoms with Crippen LogP contribution in [0.5, 0.6) is 0 Å². The van der Waals surface area contributed by atoms with Crippen LogP contribution < -0.4 is 0 Å². The van der Waals surface area contributed by atoms with Crippen molar-refractivity contribution in [3.63, 3.8) is 0 Å². The summed E-state index contributed by atoms with van der Waals surface area (Å²) in [4.78, 5) is 27.0. The number of hydrogen-bond acceptors (Lipinski definition) is 10. The number of halogens is 6. The van der Waals surface area contributed by atoms with Crippen LogP contribution in [0.1, 0.15) is 64.2 Å². The van der Waals surface area contributed by atoms with Gasteiger partial charge < -0.3 is 18.9 Å². The van der Waals surface area contributed by atoms with Gasteiger partial charge >= 0.3 is 39.2 Å². The van der Waals surface area contributed by atoms with Gasteiger partial charge in [0, 0.05) is 22.8 Å². The summed E-state index contributed by atoms with van der Waals surface area (Å²) in [6, 6.07) is 0. The molecule has 9 nitrogen and oxygen atoms in total. The SMILES string of the molecule is O=C(OCC1CSC2(S1)C1CC3CC2CC(C(=O)OCC(F)(F)S(=O)(=O)O)(C3)C1)C12CC3CC(C1)C1(OCC(F)(F)C(F)(F)CO1)C(C3)C2. The van der Waals surface area contributed by atoms with Gasteiger partial charge in [-0.15, -0.1) is 23.5 Å². The van der Waals surface area contributed by atoms with Gasteiger partial charge in [-0.3, -0.25) is 14.1 Å². The molecule has 49 heavy (non-hydrogen) atoms. The Bertz CT molecular complexity index is 1480. The van der Waals surface area contributed by atoms with Crippen molar-refractivity contribution >= 4 is 45.6 Å². The summed E-state index contributed by atoms with van der Waals surface area (Å²) < 4.78 is 137. The number of rotatable bonds is 7. The Kier molecular flexibility index (Phi) is 7.91. The summed E-state index contributed by atoms with van der Waals surface area (Å²) in [5.41, 5.74) is -1.85. The average molecular weight is 765 g/mol. The molecule has 2 heterocycles. The molecular weight excluding hydrogens is 727 g/mol. The maximum atomic E-state index is 14.2. The third-order valence-electron chi connectivity index (χ3n) is 13.0. The van der Waals surface area contributed by atoms with E-state index in [2.05, 4.69) is 0 Å². The van der Waals surface area contributed by atoms with Gasteiger partial charge in [0.25, 0.3) is 0 Å². The molecule has 276 valence electrons. The molecule has 10 fully saturated rings. The van der Waals surface area contributed by atoms with Gasteiger partial charge in [-0.25, -0.2) is 0 Å². The molecule has 5 unspecified atom stereocenters. The molecule has 0 amide bonds. The Morgan fingerprint density at radius 2 is 1.24 bits per heavy atom. The lowest BCUT2D eigenvalue weighted by atomic mass is 9.47. The Hall–Kier alpha value is -0.950. The van der Waals surface area contributed by atoms with Crippen LogP contribution in [0.3, 0.4) is 0 Å². The van der Waals surface area contributed by atoms with Crippen LogP contribution in [0.4, 0.5) is 26.3 Å². The maximum Gasteiger partial charge on any atom is 0.402 e. The predicted molar refractivity (Wildman–Crippen MR) is 161 cm³/mol. The quantitative estimate of drug-likeness (QED) is 0.193. The molecule has 2 saturated heterocycles. The van der Waals surface area contributed by atoms with Crippen molar-refractivity contribution in [3.8, 4) is 0 Å². The highest BCUT2D eigenvalue weighted by Crippen LogP contribution is 2.73. The summed E-state index contributed by atoms with van der Waals surface area (Å²) in [5.74, 6) is -11.3.